The van der Waals surface area contributed by atoms with E-state index in [0.717, 1.165) is 6.54 Å². The van der Waals surface area contributed by atoms with Crippen LogP contribution in [0.4, 0.5) is 11.4 Å². The highest BCUT2D eigenvalue weighted by Gasteiger charge is 2.35. The number of hydrogen-bond donors (Lipinski definition) is 2. The molecule has 0 atom stereocenters. The lowest BCUT2D eigenvalue weighted by atomic mass is 9.73. The predicted octanol–water partition coefficient (Wildman–Crippen LogP) is 3.79. The zero-order chi connectivity index (χ0) is 15.0. The number of nitrogens with one attached hydrogen (secondary N) is 1. The minimum atomic E-state index is -0.0140. The molecule has 3 rings (SSSR count). The molecule has 3 heteroatoms. The Morgan fingerprint density at radius 2 is 1.48 bits per heavy atom. The second-order valence-electron chi connectivity index (χ2n) is 6.09. The van der Waals surface area contributed by atoms with Crippen molar-refractivity contribution in [2.24, 2.45) is 5.73 Å². The number of anilines is 2. The first-order valence-corrected chi connectivity index (χ1v) is 7.31. The number of benzene rings is 2. The SMILES string of the molecule is CC1(C)c2ccccc2N(CCC(=N)N)c2ccccc21. The largest absolute Gasteiger partial charge is 0.388 e. The predicted molar refractivity (Wildman–Crippen MR) is 88.5 cm³/mol. The lowest BCUT2D eigenvalue weighted by Gasteiger charge is -2.42. The molecule has 1 aliphatic rings. The van der Waals surface area contributed by atoms with E-state index in [4.69, 9.17) is 11.1 Å². The topological polar surface area (TPSA) is 53.1 Å². The van der Waals surface area contributed by atoms with Crippen LogP contribution in [0.15, 0.2) is 48.5 Å². The summed E-state index contributed by atoms with van der Waals surface area (Å²) < 4.78 is 0. The van der Waals surface area contributed by atoms with Crippen LogP contribution >= 0.6 is 0 Å². The highest BCUT2D eigenvalue weighted by atomic mass is 15.1. The van der Waals surface area contributed by atoms with E-state index in [1.807, 2.05) is 0 Å². The van der Waals surface area contributed by atoms with Crippen molar-refractivity contribution in [1.29, 1.82) is 5.41 Å². The molecule has 2 aromatic carbocycles. The molecule has 0 aliphatic carbocycles. The van der Waals surface area contributed by atoms with Crippen molar-refractivity contribution in [2.75, 3.05) is 11.4 Å². The van der Waals surface area contributed by atoms with Crippen LogP contribution in [0.1, 0.15) is 31.4 Å². The zero-order valence-electron chi connectivity index (χ0n) is 12.6. The molecule has 1 heterocycles. The minimum Gasteiger partial charge on any atom is -0.388 e. The minimum absolute atomic E-state index is 0.0140. The highest BCUT2D eigenvalue weighted by molar-refractivity contribution is 5.81. The van der Waals surface area contributed by atoms with Crippen LogP contribution in [0, 0.1) is 5.41 Å². The van der Waals surface area contributed by atoms with Crippen LogP contribution in [0.2, 0.25) is 0 Å². The van der Waals surface area contributed by atoms with Crippen LogP contribution in [0.3, 0.4) is 0 Å². The molecule has 0 unspecified atom stereocenters. The Morgan fingerprint density at radius 1 is 1.00 bits per heavy atom. The zero-order valence-corrected chi connectivity index (χ0v) is 12.6. The highest BCUT2D eigenvalue weighted by Crippen LogP contribution is 2.48. The fourth-order valence-electron chi connectivity index (χ4n) is 3.22. The van der Waals surface area contributed by atoms with Gasteiger partial charge >= 0.3 is 0 Å². The van der Waals surface area contributed by atoms with Gasteiger partial charge in [0, 0.05) is 29.8 Å². The van der Waals surface area contributed by atoms with Crippen molar-refractivity contribution in [2.45, 2.75) is 25.7 Å². The lowest BCUT2D eigenvalue weighted by molar-refractivity contribution is 0.624. The number of hydrogen-bond acceptors (Lipinski definition) is 2. The molecule has 0 spiro atoms. The quantitative estimate of drug-likeness (QED) is 0.663. The molecular formula is C18H21N3. The molecule has 1 aliphatic heterocycles. The standard InChI is InChI=1S/C18H21N3/c1-18(2)13-7-3-5-9-15(13)21(12-11-17(19)20)16-10-6-4-8-14(16)18/h3-10H,11-12H2,1-2H3,(H3,19,20). The van der Waals surface area contributed by atoms with Crippen molar-refractivity contribution in [3.8, 4) is 0 Å². The van der Waals surface area contributed by atoms with Crippen molar-refractivity contribution >= 4 is 17.2 Å². The Labute approximate surface area is 125 Å². The summed E-state index contributed by atoms with van der Waals surface area (Å²) in [4.78, 5) is 2.29. The average Bonchev–Trinajstić information content (AvgIpc) is 2.47. The van der Waals surface area contributed by atoms with Crippen LogP contribution in [-0.2, 0) is 5.41 Å². The van der Waals surface area contributed by atoms with E-state index in [9.17, 15) is 0 Å². The summed E-state index contributed by atoms with van der Waals surface area (Å²) in [5, 5.41) is 7.51. The van der Waals surface area contributed by atoms with E-state index < -0.39 is 0 Å². The molecule has 0 saturated carbocycles. The molecule has 0 bridgehead atoms. The normalized spacial score (nSPS) is 15.2. The second kappa shape index (κ2) is 4.92. The third kappa shape index (κ3) is 2.19. The van der Waals surface area contributed by atoms with Gasteiger partial charge in [0.1, 0.15) is 0 Å². The van der Waals surface area contributed by atoms with Crippen LogP contribution in [-0.4, -0.2) is 12.4 Å². The fourth-order valence-corrected chi connectivity index (χ4v) is 3.22. The molecule has 0 aromatic heterocycles. The van der Waals surface area contributed by atoms with Gasteiger partial charge in [0.05, 0.1) is 5.84 Å². The average molecular weight is 279 g/mol. The van der Waals surface area contributed by atoms with E-state index >= 15 is 0 Å². The maximum absolute atomic E-state index is 7.51. The van der Waals surface area contributed by atoms with E-state index in [2.05, 4.69) is 67.3 Å². The van der Waals surface area contributed by atoms with E-state index in [0.29, 0.717) is 6.42 Å². The van der Waals surface area contributed by atoms with E-state index in [1.54, 1.807) is 0 Å². The van der Waals surface area contributed by atoms with Gasteiger partial charge in [0.15, 0.2) is 0 Å². The Morgan fingerprint density at radius 3 is 1.95 bits per heavy atom. The Bertz CT molecular complexity index is 639. The van der Waals surface area contributed by atoms with Gasteiger partial charge in [-0.3, -0.25) is 5.41 Å². The van der Waals surface area contributed by atoms with Crippen LogP contribution in [0.5, 0.6) is 0 Å². The summed E-state index contributed by atoms with van der Waals surface area (Å²) in [6, 6.07) is 17.1. The maximum Gasteiger partial charge on any atom is 0.0923 e. The lowest BCUT2D eigenvalue weighted by Crippen LogP contribution is -2.34. The smallest absolute Gasteiger partial charge is 0.0923 e. The van der Waals surface area contributed by atoms with Crippen LogP contribution < -0.4 is 10.6 Å². The number of amidine groups is 1. The Hall–Kier alpha value is -2.29. The van der Waals surface area contributed by atoms with E-state index in [-0.39, 0.29) is 11.3 Å². The number of para-hydroxylation sites is 2. The molecule has 3 nitrogen and oxygen atoms in total. The van der Waals surface area contributed by atoms with Gasteiger partial charge in [0.2, 0.25) is 0 Å². The van der Waals surface area contributed by atoms with Gasteiger partial charge in [-0.2, -0.15) is 0 Å². The van der Waals surface area contributed by atoms with Gasteiger partial charge in [-0.05, 0) is 23.3 Å². The number of nitrogens with zero attached hydrogens (tertiary/aromatic N) is 1. The van der Waals surface area contributed by atoms with Gasteiger partial charge < -0.3 is 10.6 Å². The summed E-state index contributed by atoms with van der Waals surface area (Å²) in [5.41, 5.74) is 10.6. The molecule has 0 fully saturated rings. The molecule has 3 N–H and O–H groups in total. The maximum atomic E-state index is 7.51. The molecule has 0 amide bonds. The third-order valence-electron chi connectivity index (χ3n) is 4.34. The molecule has 0 saturated heterocycles. The summed E-state index contributed by atoms with van der Waals surface area (Å²) in [6.45, 7) is 5.28. The Kier molecular flexibility index (Phi) is 3.20. The fraction of sp³-hybridized carbons (Fsp3) is 0.278. The summed E-state index contributed by atoms with van der Waals surface area (Å²) >= 11 is 0. The van der Waals surface area contributed by atoms with Crippen LogP contribution in [0.25, 0.3) is 0 Å². The van der Waals surface area contributed by atoms with Crippen molar-refractivity contribution in [1.82, 2.24) is 0 Å². The summed E-state index contributed by atoms with van der Waals surface area (Å²) in [6.07, 6.45) is 0.573. The second-order valence-corrected chi connectivity index (χ2v) is 6.09. The molecular weight excluding hydrogens is 258 g/mol. The van der Waals surface area contributed by atoms with Gasteiger partial charge in [-0.1, -0.05) is 50.2 Å². The monoisotopic (exact) mass is 279 g/mol. The molecule has 2 aromatic rings. The van der Waals surface area contributed by atoms with Gasteiger partial charge in [-0.25, -0.2) is 0 Å². The number of fused-ring (bicyclic) bond motifs is 2. The summed E-state index contributed by atoms with van der Waals surface area (Å²) in [7, 11) is 0. The first-order valence-electron chi connectivity index (χ1n) is 7.31. The first kappa shape index (κ1) is 13.7. The molecule has 108 valence electrons. The molecule has 0 radical (unpaired) electrons. The van der Waals surface area contributed by atoms with Gasteiger partial charge in [0.25, 0.3) is 0 Å². The summed E-state index contributed by atoms with van der Waals surface area (Å²) in [5.74, 6) is 0.231. The van der Waals surface area contributed by atoms with Gasteiger partial charge in [-0.15, -0.1) is 0 Å². The number of nitrogens with two attached hydrogens (primary N) is 1. The molecule has 21 heavy (non-hydrogen) atoms. The van der Waals surface area contributed by atoms with Crippen molar-refractivity contribution < 1.29 is 0 Å². The van der Waals surface area contributed by atoms with E-state index in [1.165, 1.54) is 22.5 Å². The number of rotatable bonds is 3. The third-order valence-corrected chi connectivity index (χ3v) is 4.34. The first-order chi connectivity index (χ1) is 10.0. The van der Waals surface area contributed by atoms with Crippen molar-refractivity contribution in [3.63, 3.8) is 0 Å². The van der Waals surface area contributed by atoms with Crippen molar-refractivity contribution in [3.05, 3.63) is 59.7 Å². The Balaban J connectivity index is 2.16.